The number of aliphatic hydroxyl groups excluding tert-OH is 1. The number of aromatic hydroxyl groups is 1. The molecule has 1 aromatic carbocycles. The lowest BCUT2D eigenvalue weighted by atomic mass is 10.2. The van der Waals surface area contributed by atoms with Gasteiger partial charge in [-0.25, -0.2) is 0 Å². The molecule has 0 aliphatic carbocycles. The number of aromatic nitrogens is 2. The number of phenolic OH excluding ortho intramolecular Hbond substituents is 1. The molecule has 0 bridgehead atoms. The SMILES string of the molecule is CCn1nc2ccc(O)cc2c1CO. The van der Waals surface area contributed by atoms with E-state index in [0.29, 0.717) is 6.54 Å². The number of hydrogen-bond acceptors (Lipinski definition) is 3. The van der Waals surface area contributed by atoms with Gasteiger partial charge in [0, 0.05) is 11.9 Å². The van der Waals surface area contributed by atoms with E-state index in [4.69, 9.17) is 0 Å². The molecule has 0 atom stereocenters. The summed E-state index contributed by atoms with van der Waals surface area (Å²) < 4.78 is 1.74. The Balaban J connectivity index is 2.74. The van der Waals surface area contributed by atoms with E-state index >= 15 is 0 Å². The van der Waals surface area contributed by atoms with Crippen molar-refractivity contribution in [2.75, 3.05) is 0 Å². The summed E-state index contributed by atoms with van der Waals surface area (Å²) in [6, 6.07) is 4.96. The zero-order chi connectivity index (χ0) is 10.1. The minimum atomic E-state index is -0.0617. The number of nitrogens with zero attached hydrogens (tertiary/aromatic N) is 2. The molecule has 0 radical (unpaired) electrons. The van der Waals surface area contributed by atoms with Gasteiger partial charge in [-0.05, 0) is 25.1 Å². The largest absolute Gasteiger partial charge is 0.508 e. The Bertz CT molecular complexity index is 462. The molecule has 0 aliphatic heterocycles. The van der Waals surface area contributed by atoms with Crippen molar-refractivity contribution in [1.82, 2.24) is 9.78 Å². The van der Waals surface area contributed by atoms with Crippen LogP contribution in [0.15, 0.2) is 18.2 Å². The van der Waals surface area contributed by atoms with Crippen LogP contribution >= 0.6 is 0 Å². The topological polar surface area (TPSA) is 58.3 Å². The van der Waals surface area contributed by atoms with Crippen molar-refractivity contribution in [2.45, 2.75) is 20.1 Å². The van der Waals surface area contributed by atoms with Gasteiger partial charge in [-0.3, -0.25) is 4.68 Å². The van der Waals surface area contributed by atoms with Crippen LogP contribution in [0.3, 0.4) is 0 Å². The highest BCUT2D eigenvalue weighted by molar-refractivity contribution is 5.82. The van der Waals surface area contributed by atoms with Gasteiger partial charge in [0.25, 0.3) is 0 Å². The molecular weight excluding hydrogens is 180 g/mol. The van der Waals surface area contributed by atoms with E-state index in [1.54, 1.807) is 22.9 Å². The molecular formula is C10H12N2O2. The number of rotatable bonds is 2. The molecule has 0 aliphatic rings. The number of aliphatic hydroxyl groups is 1. The van der Waals surface area contributed by atoms with E-state index in [-0.39, 0.29) is 12.4 Å². The lowest BCUT2D eigenvalue weighted by molar-refractivity contribution is 0.270. The van der Waals surface area contributed by atoms with E-state index < -0.39 is 0 Å². The fourth-order valence-corrected chi connectivity index (χ4v) is 1.60. The van der Waals surface area contributed by atoms with Crippen LogP contribution in [0, 0.1) is 0 Å². The number of phenols is 1. The highest BCUT2D eigenvalue weighted by atomic mass is 16.3. The quantitative estimate of drug-likeness (QED) is 0.753. The minimum absolute atomic E-state index is 0.0617. The second kappa shape index (κ2) is 3.31. The highest BCUT2D eigenvalue weighted by Crippen LogP contribution is 2.22. The molecule has 74 valence electrons. The first kappa shape index (κ1) is 9.02. The summed E-state index contributed by atoms with van der Waals surface area (Å²) in [4.78, 5) is 0. The standard InChI is InChI=1S/C10H12N2O2/c1-2-12-10(6-13)8-5-7(14)3-4-9(8)11-12/h3-5,13-14H,2,6H2,1H3. The predicted octanol–water partition coefficient (Wildman–Crippen LogP) is 1.25. The Kier molecular flexibility index (Phi) is 2.13. The summed E-state index contributed by atoms with van der Waals surface area (Å²) in [5, 5.41) is 23.6. The maximum atomic E-state index is 9.31. The molecule has 1 aromatic heterocycles. The van der Waals surface area contributed by atoms with Crippen LogP contribution in [0.1, 0.15) is 12.6 Å². The number of fused-ring (bicyclic) bond motifs is 1. The molecule has 0 amide bonds. The molecule has 4 nitrogen and oxygen atoms in total. The van der Waals surface area contributed by atoms with E-state index in [9.17, 15) is 10.2 Å². The Labute approximate surface area is 81.4 Å². The van der Waals surface area contributed by atoms with Gasteiger partial charge in [-0.2, -0.15) is 5.10 Å². The summed E-state index contributed by atoms with van der Waals surface area (Å²) in [5.74, 6) is 0.197. The number of aryl methyl sites for hydroxylation is 1. The average molecular weight is 192 g/mol. The molecule has 2 rings (SSSR count). The second-order valence-electron chi connectivity index (χ2n) is 3.12. The zero-order valence-electron chi connectivity index (χ0n) is 7.94. The van der Waals surface area contributed by atoms with Crippen molar-refractivity contribution >= 4 is 10.9 Å². The van der Waals surface area contributed by atoms with Crippen LogP contribution in [0.25, 0.3) is 10.9 Å². The molecule has 2 N–H and O–H groups in total. The van der Waals surface area contributed by atoms with Crippen LogP contribution in [0.4, 0.5) is 0 Å². The zero-order valence-corrected chi connectivity index (χ0v) is 7.94. The third-order valence-corrected chi connectivity index (χ3v) is 2.28. The van der Waals surface area contributed by atoms with E-state index in [1.807, 2.05) is 6.92 Å². The lowest BCUT2D eigenvalue weighted by Crippen LogP contribution is -2.01. The van der Waals surface area contributed by atoms with E-state index in [1.165, 1.54) is 0 Å². The van der Waals surface area contributed by atoms with E-state index in [0.717, 1.165) is 16.6 Å². The Hall–Kier alpha value is -1.55. The third kappa shape index (κ3) is 1.24. The number of benzene rings is 1. The van der Waals surface area contributed by atoms with Crippen LogP contribution in [-0.2, 0) is 13.2 Å². The maximum absolute atomic E-state index is 9.31. The maximum Gasteiger partial charge on any atom is 0.116 e. The average Bonchev–Trinajstić information content (AvgIpc) is 2.54. The van der Waals surface area contributed by atoms with Crippen LogP contribution < -0.4 is 0 Å². The van der Waals surface area contributed by atoms with Crippen molar-refractivity contribution < 1.29 is 10.2 Å². The highest BCUT2D eigenvalue weighted by Gasteiger charge is 2.09. The van der Waals surface area contributed by atoms with Crippen molar-refractivity contribution in [3.8, 4) is 5.75 Å². The van der Waals surface area contributed by atoms with Crippen LogP contribution in [-0.4, -0.2) is 20.0 Å². The van der Waals surface area contributed by atoms with Gasteiger partial charge in [0.1, 0.15) is 5.75 Å². The first-order valence-electron chi connectivity index (χ1n) is 4.55. The molecule has 0 saturated carbocycles. The smallest absolute Gasteiger partial charge is 0.116 e. The van der Waals surface area contributed by atoms with Gasteiger partial charge < -0.3 is 10.2 Å². The summed E-state index contributed by atoms with van der Waals surface area (Å²) >= 11 is 0. The van der Waals surface area contributed by atoms with Crippen LogP contribution in [0.5, 0.6) is 5.75 Å². The van der Waals surface area contributed by atoms with Gasteiger partial charge in [-0.15, -0.1) is 0 Å². The molecule has 0 saturated heterocycles. The normalized spacial score (nSPS) is 11.0. The Morgan fingerprint density at radius 3 is 2.86 bits per heavy atom. The molecule has 4 heteroatoms. The summed E-state index contributed by atoms with van der Waals surface area (Å²) in [6.07, 6.45) is 0. The molecule has 2 aromatic rings. The molecule has 0 fully saturated rings. The van der Waals surface area contributed by atoms with Gasteiger partial charge in [0.05, 0.1) is 17.8 Å². The molecule has 1 heterocycles. The van der Waals surface area contributed by atoms with Crippen molar-refractivity contribution in [3.05, 3.63) is 23.9 Å². The van der Waals surface area contributed by atoms with Gasteiger partial charge in [-0.1, -0.05) is 0 Å². The second-order valence-corrected chi connectivity index (χ2v) is 3.12. The monoisotopic (exact) mass is 192 g/mol. The van der Waals surface area contributed by atoms with Gasteiger partial charge in [0.2, 0.25) is 0 Å². The lowest BCUT2D eigenvalue weighted by Gasteiger charge is -2.00. The van der Waals surface area contributed by atoms with Crippen molar-refractivity contribution in [1.29, 1.82) is 0 Å². The first-order valence-corrected chi connectivity index (χ1v) is 4.55. The minimum Gasteiger partial charge on any atom is -0.508 e. The third-order valence-electron chi connectivity index (χ3n) is 2.28. The molecule has 14 heavy (non-hydrogen) atoms. The Morgan fingerprint density at radius 2 is 2.21 bits per heavy atom. The van der Waals surface area contributed by atoms with Gasteiger partial charge in [0.15, 0.2) is 0 Å². The predicted molar refractivity (Wildman–Crippen MR) is 53.0 cm³/mol. The molecule has 0 spiro atoms. The molecule has 0 unspecified atom stereocenters. The number of hydrogen-bond donors (Lipinski definition) is 2. The Morgan fingerprint density at radius 1 is 1.43 bits per heavy atom. The van der Waals surface area contributed by atoms with Crippen LogP contribution in [0.2, 0.25) is 0 Å². The summed E-state index contributed by atoms with van der Waals surface area (Å²) in [6.45, 7) is 2.62. The fraction of sp³-hybridized carbons (Fsp3) is 0.300. The van der Waals surface area contributed by atoms with Crippen molar-refractivity contribution in [3.63, 3.8) is 0 Å². The fourth-order valence-electron chi connectivity index (χ4n) is 1.60. The summed E-state index contributed by atoms with van der Waals surface area (Å²) in [7, 11) is 0. The van der Waals surface area contributed by atoms with Crippen molar-refractivity contribution in [2.24, 2.45) is 0 Å². The first-order chi connectivity index (χ1) is 6.76. The summed E-state index contributed by atoms with van der Waals surface area (Å²) in [5.41, 5.74) is 1.55. The van der Waals surface area contributed by atoms with Gasteiger partial charge >= 0.3 is 0 Å². The van der Waals surface area contributed by atoms with E-state index in [2.05, 4.69) is 5.10 Å².